The molecule has 6 heteroatoms. The Morgan fingerprint density at radius 3 is 2.29 bits per heavy atom. The van der Waals surface area contributed by atoms with E-state index in [2.05, 4.69) is 4.98 Å². The van der Waals surface area contributed by atoms with Crippen LogP contribution in [0.25, 0.3) is 22.2 Å². The normalized spacial score (nSPS) is 11.6. The lowest BCUT2D eigenvalue weighted by Crippen LogP contribution is -1.95. The van der Waals surface area contributed by atoms with E-state index in [1.807, 2.05) is 24.3 Å². The second-order valence-corrected chi connectivity index (χ2v) is 5.34. The van der Waals surface area contributed by atoms with E-state index in [9.17, 15) is 0 Å². The van der Waals surface area contributed by atoms with Crippen LogP contribution in [0.4, 0.5) is 0 Å². The van der Waals surface area contributed by atoms with E-state index in [0.29, 0.717) is 33.8 Å². The molecule has 0 atom stereocenters. The first kappa shape index (κ1) is 16.2. The van der Waals surface area contributed by atoms with Crippen LogP contribution in [0, 0.1) is 0 Å². The minimum atomic E-state index is 0.353. The van der Waals surface area contributed by atoms with Crippen molar-refractivity contribution in [1.82, 2.24) is 4.98 Å². The highest BCUT2D eigenvalue weighted by molar-refractivity contribution is 6.50. The maximum absolute atomic E-state index is 6.37. The molecule has 0 aliphatic rings. The molecule has 3 aromatic rings. The maximum atomic E-state index is 6.37. The van der Waals surface area contributed by atoms with Crippen molar-refractivity contribution in [2.75, 3.05) is 21.3 Å². The second kappa shape index (κ2) is 6.84. The Bertz CT molecular complexity index is 843. The molecule has 0 aliphatic heterocycles. The Balaban J connectivity index is 2.03. The van der Waals surface area contributed by atoms with Gasteiger partial charge in [-0.15, -0.1) is 0 Å². The zero-order valence-corrected chi connectivity index (χ0v) is 14.3. The first-order valence-electron chi connectivity index (χ1n) is 7.19. The summed E-state index contributed by atoms with van der Waals surface area (Å²) in [7, 11) is 4.68. The van der Waals surface area contributed by atoms with Crippen LogP contribution < -0.4 is 14.2 Å². The molecule has 0 aliphatic carbocycles. The first-order valence-corrected chi connectivity index (χ1v) is 7.57. The molecule has 5 nitrogen and oxygen atoms in total. The van der Waals surface area contributed by atoms with Gasteiger partial charge in [0.25, 0.3) is 0 Å². The van der Waals surface area contributed by atoms with Crippen molar-refractivity contribution in [2.24, 2.45) is 0 Å². The van der Waals surface area contributed by atoms with Gasteiger partial charge in [0, 0.05) is 0 Å². The van der Waals surface area contributed by atoms with Gasteiger partial charge in [0.1, 0.15) is 10.5 Å². The maximum Gasteiger partial charge on any atom is 0.238 e. The van der Waals surface area contributed by atoms with Crippen molar-refractivity contribution in [2.45, 2.75) is 0 Å². The molecule has 0 amide bonds. The number of fused-ring (bicyclic) bond motifs is 1. The predicted octanol–water partition coefficient (Wildman–Crippen LogP) is 4.59. The number of benzene rings is 2. The lowest BCUT2D eigenvalue weighted by molar-refractivity contribution is 0.324. The van der Waals surface area contributed by atoms with Crippen LogP contribution in [-0.2, 0) is 0 Å². The van der Waals surface area contributed by atoms with Gasteiger partial charge >= 0.3 is 0 Å². The van der Waals surface area contributed by atoms with E-state index in [1.165, 1.54) is 0 Å². The Labute approximate surface area is 144 Å². The molecule has 0 fully saturated rings. The lowest BCUT2D eigenvalue weighted by Gasteiger charge is -2.12. The summed E-state index contributed by atoms with van der Waals surface area (Å²) in [6, 6.07) is 11.1. The van der Waals surface area contributed by atoms with Crippen LogP contribution in [0.15, 0.2) is 40.8 Å². The molecule has 0 bridgehead atoms. The Morgan fingerprint density at radius 1 is 1.04 bits per heavy atom. The standard InChI is InChI=1S/C18H16ClNO4/c1-21-15-9-11(10-16(22-2)17(15)23-3)8-12(19)18-20-13-6-4-5-7-14(13)24-18/h4-10H,1-3H3/b12-8-. The van der Waals surface area contributed by atoms with E-state index >= 15 is 0 Å². The quantitative estimate of drug-likeness (QED) is 0.677. The largest absolute Gasteiger partial charge is 0.493 e. The van der Waals surface area contributed by atoms with Gasteiger partial charge < -0.3 is 18.6 Å². The van der Waals surface area contributed by atoms with E-state index in [0.717, 1.165) is 11.1 Å². The number of ether oxygens (including phenoxy) is 3. The summed E-state index contributed by atoms with van der Waals surface area (Å²) in [5.41, 5.74) is 2.21. The SMILES string of the molecule is COc1cc(/C=C(\Cl)c2nc3ccccc3o2)cc(OC)c1OC. The fourth-order valence-corrected chi connectivity index (χ4v) is 2.57. The van der Waals surface area contributed by atoms with Crippen LogP contribution in [0.1, 0.15) is 11.5 Å². The molecule has 0 saturated carbocycles. The number of para-hydroxylation sites is 2. The molecule has 0 radical (unpaired) electrons. The molecule has 3 rings (SSSR count). The van der Waals surface area contributed by atoms with Crippen LogP contribution in [0.2, 0.25) is 0 Å². The monoisotopic (exact) mass is 345 g/mol. The van der Waals surface area contributed by atoms with Crippen LogP contribution >= 0.6 is 11.6 Å². The molecule has 0 saturated heterocycles. The molecule has 1 aromatic heterocycles. The lowest BCUT2D eigenvalue weighted by atomic mass is 10.1. The molecule has 1 heterocycles. The van der Waals surface area contributed by atoms with E-state index in [4.69, 9.17) is 30.2 Å². The van der Waals surface area contributed by atoms with Gasteiger partial charge in [-0.05, 0) is 35.9 Å². The predicted molar refractivity (Wildman–Crippen MR) is 93.8 cm³/mol. The number of nitrogens with zero attached hydrogens (tertiary/aromatic N) is 1. The first-order chi connectivity index (χ1) is 11.7. The topological polar surface area (TPSA) is 53.7 Å². The van der Waals surface area contributed by atoms with Gasteiger partial charge in [0.05, 0.1) is 21.3 Å². The average molecular weight is 346 g/mol. The smallest absolute Gasteiger partial charge is 0.238 e. The highest BCUT2D eigenvalue weighted by atomic mass is 35.5. The Hall–Kier alpha value is -2.66. The Morgan fingerprint density at radius 2 is 1.71 bits per heavy atom. The van der Waals surface area contributed by atoms with Crippen molar-refractivity contribution < 1.29 is 18.6 Å². The molecule has 124 valence electrons. The summed E-state index contributed by atoms with van der Waals surface area (Å²) in [5.74, 6) is 1.97. The third-order valence-corrected chi connectivity index (χ3v) is 3.75. The molecular weight excluding hydrogens is 330 g/mol. The van der Waals surface area contributed by atoms with Crippen LogP contribution in [0.3, 0.4) is 0 Å². The third-order valence-electron chi connectivity index (χ3n) is 3.48. The van der Waals surface area contributed by atoms with Gasteiger partial charge in [-0.1, -0.05) is 23.7 Å². The third kappa shape index (κ3) is 3.03. The van der Waals surface area contributed by atoms with Crippen molar-refractivity contribution in [3.63, 3.8) is 0 Å². The van der Waals surface area contributed by atoms with Crippen molar-refractivity contribution in [3.05, 3.63) is 47.9 Å². The molecule has 0 spiro atoms. The molecule has 0 unspecified atom stereocenters. The van der Waals surface area contributed by atoms with Gasteiger partial charge in [-0.3, -0.25) is 0 Å². The zero-order chi connectivity index (χ0) is 17.1. The van der Waals surface area contributed by atoms with Gasteiger partial charge in [-0.2, -0.15) is 0 Å². The summed E-state index contributed by atoms with van der Waals surface area (Å²) in [6.45, 7) is 0. The number of halogens is 1. The number of methoxy groups -OCH3 is 3. The fourth-order valence-electron chi connectivity index (χ4n) is 2.37. The summed E-state index contributed by atoms with van der Waals surface area (Å²) >= 11 is 6.37. The number of oxazole rings is 1. The molecule has 24 heavy (non-hydrogen) atoms. The summed E-state index contributed by atoms with van der Waals surface area (Å²) in [5, 5.41) is 0.375. The van der Waals surface area contributed by atoms with E-state index in [1.54, 1.807) is 39.5 Å². The minimum absolute atomic E-state index is 0.353. The number of hydrogen-bond donors (Lipinski definition) is 0. The van der Waals surface area contributed by atoms with Crippen molar-refractivity contribution in [3.8, 4) is 17.2 Å². The van der Waals surface area contributed by atoms with Crippen molar-refractivity contribution >= 4 is 33.8 Å². The minimum Gasteiger partial charge on any atom is -0.493 e. The Kier molecular flexibility index (Phi) is 4.62. The van der Waals surface area contributed by atoms with Gasteiger partial charge in [0.15, 0.2) is 17.1 Å². The number of rotatable bonds is 5. The van der Waals surface area contributed by atoms with Gasteiger partial charge in [0.2, 0.25) is 11.6 Å². The fraction of sp³-hybridized carbons (Fsp3) is 0.167. The van der Waals surface area contributed by atoms with Crippen molar-refractivity contribution in [1.29, 1.82) is 0 Å². The summed E-state index contributed by atoms with van der Waals surface area (Å²) in [4.78, 5) is 4.37. The highest BCUT2D eigenvalue weighted by Gasteiger charge is 2.14. The molecule has 0 N–H and O–H groups in total. The molecule has 2 aromatic carbocycles. The zero-order valence-electron chi connectivity index (χ0n) is 13.5. The van der Waals surface area contributed by atoms with Crippen LogP contribution in [0.5, 0.6) is 17.2 Å². The average Bonchev–Trinajstić information content (AvgIpc) is 3.05. The van der Waals surface area contributed by atoms with E-state index in [-0.39, 0.29) is 0 Å². The highest BCUT2D eigenvalue weighted by Crippen LogP contribution is 2.39. The van der Waals surface area contributed by atoms with Crippen LogP contribution in [-0.4, -0.2) is 26.3 Å². The van der Waals surface area contributed by atoms with E-state index < -0.39 is 0 Å². The molecular formula is C18H16ClNO4. The number of hydrogen-bond acceptors (Lipinski definition) is 5. The second-order valence-electron chi connectivity index (χ2n) is 4.94. The summed E-state index contributed by atoms with van der Waals surface area (Å²) in [6.07, 6.45) is 1.73. The number of aromatic nitrogens is 1. The summed E-state index contributed by atoms with van der Waals surface area (Å²) < 4.78 is 21.6. The van der Waals surface area contributed by atoms with Gasteiger partial charge in [-0.25, -0.2) is 4.98 Å².